The summed E-state index contributed by atoms with van der Waals surface area (Å²) in [6.07, 6.45) is 7.44. The van der Waals surface area contributed by atoms with Crippen LogP contribution in [0.1, 0.15) is 6.42 Å². The van der Waals surface area contributed by atoms with Crippen molar-refractivity contribution in [1.82, 2.24) is 0 Å². The minimum atomic E-state index is 1.13. The van der Waals surface area contributed by atoms with E-state index in [4.69, 9.17) is 0 Å². The summed E-state index contributed by atoms with van der Waals surface area (Å²) in [5.41, 5.74) is 0. The molecule has 1 aliphatic carbocycles. The fourth-order valence-electron chi connectivity index (χ4n) is 0.464. The normalized spacial score (nSPS) is 18.3. The zero-order valence-electron chi connectivity index (χ0n) is 3.52. The van der Waals surface area contributed by atoms with E-state index in [1.54, 1.807) is 0 Å². The zero-order chi connectivity index (χ0) is 4.41. The first kappa shape index (κ1) is 4.18. The Labute approximate surface area is 46.0 Å². The third-order valence-corrected chi connectivity index (χ3v) is 1.23. The van der Waals surface area contributed by atoms with Crippen LogP contribution in [0.4, 0.5) is 0 Å². The average Bonchev–Trinajstić information content (AvgIpc) is 1.86. The van der Waals surface area contributed by atoms with Crippen LogP contribution in [-0.4, -0.2) is 16.3 Å². The van der Waals surface area contributed by atoms with Crippen molar-refractivity contribution in [3.8, 4) is 0 Å². The number of hydrogen-bond acceptors (Lipinski definition) is 0. The van der Waals surface area contributed by atoms with Crippen LogP contribution in [-0.2, 0) is 0 Å². The molecule has 0 heterocycles. The quantitative estimate of drug-likeness (QED) is 0.391. The van der Waals surface area contributed by atoms with E-state index in [1.165, 1.54) is 4.44 Å². The molecule has 0 aliphatic heterocycles. The molecule has 6 heavy (non-hydrogen) atoms. The Hall–Kier alpha value is 0.0125. The SMILES string of the molecule is [Al][C]1=CC=CC1. The van der Waals surface area contributed by atoms with Gasteiger partial charge in [0.25, 0.3) is 0 Å². The van der Waals surface area contributed by atoms with Gasteiger partial charge in [-0.15, -0.1) is 0 Å². The molecule has 0 aromatic heterocycles. The molecule has 0 atom stereocenters. The second-order valence-corrected chi connectivity index (χ2v) is 2.12. The van der Waals surface area contributed by atoms with Gasteiger partial charge in [0.1, 0.15) is 0 Å². The average molecular weight is 92.1 g/mol. The van der Waals surface area contributed by atoms with Crippen molar-refractivity contribution in [3.05, 3.63) is 22.7 Å². The van der Waals surface area contributed by atoms with Crippen molar-refractivity contribution in [2.24, 2.45) is 0 Å². The van der Waals surface area contributed by atoms with E-state index in [1.807, 2.05) is 0 Å². The van der Waals surface area contributed by atoms with Crippen molar-refractivity contribution < 1.29 is 0 Å². The highest BCUT2D eigenvalue weighted by molar-refractivity contribution is 6.22. The maximum absolute atomic E-state index is 2.67. The minimum absolute atomic E-state index is 1.13. The summed E-state index contributed by atoms with van der Waals surface area (Å²) in [6.45, 7) is 0. The van der Waals surface area contributed by atoms with Crippen LogP contribution >= 0.6 is 0 Å². The van der Waals surface area contributed by atoms with Crippen molar-refractivity contribution in [1.29, 1.82) is 0 Å². The van der Waals surface area contributed by atoms with E-state index in [2.05, 4.69) is 34.5 Å². The first-order chi connectivity index (χ1) is 2.89. The zero-order valence-corrected chi connectivity index (χ0v) is 4.67. The summed E-state index contributed by atoms with van der Waals surface area (Å²) in [4.78, 5) is 0. The highest BCUT2D eigenvalue weighted by atomic mass is 27.0. The summed E-state index contributed by atoms with van der Waals surface area (Å²) >= 11 is 2.67. The van der Waals surface area contributed by atoms with Gasteiger partial charge >= 0.3 is 0 Å². The summed E-state index contributed by atoms with van der Waals surface area (Å²) in [5.74, 6) is 0. The molecule has 28 valence electrons. The van der Waals surface area contributed by atoms with Crippen molar-refractivity contribution in [3.63, 3.8) is 0 Å². The molecular weight excluding hydrogens is 87.0 g/mol. The Morgan fingerprint density at radius 1 is 1.67 bits per heavy atom. The van der Waals surface area contributed by atoms with Gasteiger partial charge in [0.2, 0.25) is 0 Å². The van der Waals surface area contributed by atoms with Crippen LogP contribution in [0.3, 0.4) is 0 Å². The first-order valence-electron chi connectivity index (χ1n) is 2.01. The van der Waals surface area contributed by atoms with Crippen LogP contribution in [0.2, 0.25) is 0 Å². The number of rotatable bonds is 0. The fraction of sp³-hybridized carbons (Fsp3) is 0.200. The maximum Gasteiger partial charge on any atom is 0.168 e. The molecule has 0 nitrogen and oxygen atoms in total. The second kappa shape index (κ2) is 1.64. The Kier molecular flexibility index (Phi) is 1.14. The lowest BCUT2D eigenvalue weighted by Gasteiger charge is -1.80. The molecular formula is C5H5Al. The first-order valence-corrected chi connectivity index (χ1v) is 2.58. The standard InChI is InChI=1S/C5H5.Al/c1-2-4-5-3-1;/h1-3H,4H2;. The van der Waals surface area contributed by atoms with Crippen molar-refractivity contribution in [2.75, 3.05) is 0 Å². The fourth-order valence-corrected chi connectivity index (χ4v) is 0.711. The van der Waals surface area contributed by atoms with Gasteiger partial charge in [-0.25, -0.2) is 0 Å². The molecule has 1 rings (SSSR count). The van der Waals surface area contributed by atoms with Crippen LogP contribution in [0.5, 0.6) is 0 Å². The molecule has 0 saturated heterocycles. The molecule has 0 spiro atoms. The molecule has 0 fully saturated rings. The summed E-state index contributed by atoms with van der Waals surface area (Å²) in [5, 5.41) is 0. The van der Waals surface area contributed by atoms with Gasteiger partial charge < -0.3 is 0 Å². The molecule has 0 N–H and O–H groups in total. The predicted molar refractivity (Wildman–Crippen MR) is 27.6 cm³/mol. The Bertz CT molecular complexity index is 101. The summed E-state index contributed by atoms with van der Waals surface area (Å²) in [7, 11) is 0. The lowest BCUT2D eigenvalue weighted by Crippen LogP contribution is -1.68. The third kappa shape index (κ3) is 0.740. The molecule has 1 aliphatic rings. The molecule has 2 radical (unpaired) electrons. The van der Waals surface area contributed by atoms with Crippen LogP contribution in [0.15, 0.2) is 22.7 Å². The molecule has 0 bridgehead atoms. The summed E-state index contributed by atoms with van der Waals surface area (Å²) < 4.78 is 1.38. The maximum atomic E-state index is 2.67. The topological polar surface area (TPSA) is 0 Å². The van der Waals surface area contributed by atoms with Gasteiger partial charge in [-0.1, -0.05) is 18.2 Å². The van der Waals surface area contributed by atoms with Gasteiger partial charge in [-0.3, -0.25) is 0 Å². The molecule has 0 aromatic rings. The lowest BCUT2D eigenvalue weighted by molar-refractivity contribution is 1.41. The summed E-state index contributed by atoms with van der Waals surface area (Å²) in [6, 6.07) is 0. The lowest BCUT2D eigenvalue weighted by atomic mass is 10.5. The van der Waals surface area contributed by atoms with E-state index in [-0.39, 0.29) is 0 Å². The third-order valence-electron chi connectivity index (χ3n) is 0.800. The molecule has 1 heteroatoms. The predicted octanol–water partition coefficient (Wildman–Crippen LogP) is 0.999. The van der Waals surface area contributed by atoms with Crippen LogP contribution in [0.25, 0.3) is 0 Å². The Morgan fingerprint density at radius 3 is 2.67 bits per heavy atom. The van der Waals surface area contributed by atoms with Gasteiger partial charge in [0, 0.05) is 0 Å². The minimum Gasteiger partial charge on any atom is -0.155 e. The van der Waals surface area contributed by atoms with Crippen LogP contribution in [0, 0.1) is 0 Å². The van der Waals surface area contributed by atoms with E-state index < -0.39 is 0 Å². The molecule has 0 saturated carbocycles. The molecule has 0 unspecified atom stereocenters. The Morgan fingerprint density at radius 2 is 2.50 bits per heavy atom. The smallest absolute Gasteiger partial charge is 0.155 e. The van der Waals surface area contributed by atoms with Gasteiger partial charge in [-0.05, 0) is 6.42 Å². The highest BCUT2D eigenvalue weighted by Gasteiger charge is 1.84. The van der Waals surface area contributed by atoms with E-state index in [0.717, 1.165) is 6.42 Å². The monoisotopic (exact) mass is 92.0 g/mol. The molecule has 0 amide bonds. The molecule has 0 aromatic carbocycles. The van der Waals surface area contributed by atoms with Crippen LogP contribution < -0.4 is 0 Å². The van der Waals surface area contributed by atoms with Gasteiger partial charge in [0.15, 0.2) is 16.3 Å². The highest BCUT2D eigenvalue weighted by Crippen LogP contribution is 2.03. The van der Waals surface area contributed by atoms with E-state index in [0.29, 0.717) is 0 Å². The van der Waals surface area contributed by atoms with E-state index in [9.17, 15) is 0 Å². The number of hydrogen-bond donors (Lipinski definition) is 0. The Balaban J connectivity index is 2.61. The second-order valence-electron chi connectivity index (χ2n) is 1.37. The van der Waals surface area contributed by atoms with Gasteiger partial charge in [-0.2, -0.15) is 4.44 Å². The van der Waals surface area contributed by atoms with Crippen molar-refractivity contribution >= 4 is 16.3 Å². The number of allylic oxidation sites excluding steroid dienone is 4. The van der Waals surface area contributed by atoms with E-state index >= 15 is 0 Å². The van der Waals surface area contributed by atoms with Gasteiger partial charge in [0.05, 0.1) is 0 Å². The largest absolute Gasteiger partial charge is 0.168 e. The van der Waals surface area contributed by atoms with Crippen molar-refractivity contribution in [2.45, 2.75) is 6.42 Å².